The van der Waals surface area contributed by atoms with E-state index in [0.717, 1.165) is 5.56 Å². The fourth-order valence-corrected chi connectivity index (χ4v) is 11.0. The van der Waals surface area contributed by atoms with Crippen molar-refractivity contribution < 1.29 is 67.2 Å². The topological polar surface area (TPSA) is 295 Å². The fourth-order valence-electron chi connectivity index (χ4n) is 11.0. The van der Waals surface area contributed by atoms with E-state index in [4.69, 9.17) is 24.7 Å². The van der Waals surface area contributed by atoms with E-state index in [1.165, 1.54) is 26.0 Å². The zero-order valence-corrected chi connectivity index (χ0v) is 53.2. The third kappa shape index (κ3) is 22.3. The van der Waals surface area contributed by atoms with Gasteiger partial charge >= 0.3 is 18.2 Å². The van der Waals surface area contributed by atoms with Gasteiger partial charge in [-0.25, -0.2) is 14.4 Å². The lowest BCUT2D eigenvalue weighted by molar-refractivity contribution is -0.148. The van der Waals surface area contributed by atoms with Gasteiger partial charge in [0.25, 0.3) is 0 Å². The molecule has 1 fully saturated rings. The normalized spacial score (nSPS) is 17.4. The Labute approximate surface area is 504 Å². The SMILES string of the molecule is CC[C@H](C)[C@@H]([C@@H](CC(=O)N1CCC[C@H]1[C@H](OC)[C@@H](C)C(=O)C[C@H](C)[C@@H](O)c1ccccc1)OC)N(C)C(=O)[C@@H](NC(=O)[C@H](C(C)C)N(C)C(=O)OCc1ccc(NC(=O)[C@H](CCCNC(N)=O)CC(=O)[C@H](C)NC(=O)OC(C)(C)C)cc1)C(C)C. The fraction of sp³-hybridized carbons (Fsp3) is 0.667. The molecule has 85 heavy (non-hydrogen) atoms. The standard InChI is InChI=1S/C63H100N8O14/c1-17-39(6)54(50(82-15)35-51(74)71-32-22-26-47(71)56(83-16)41(8)48(72)33-40(7)55(75)44-23-19-18-20-24-44)69(13)59(78)52(37(2)3)68-58(77)53(38(4)5)70(14)62(81)84-36-43-27-29-46(30-28-43)67-57(76)45(25-21-31-65-60(64)79)34-49(73)42(9)66-61(80)85-63(10,11)12/h18-20,23-24,27-30,37-42,45,47,50,52-56,75H,17,21-22,25-26,31-36H2,1-16H3,(H,66,80)(H,67,76)(H,68,77)(H3,64,65,79)/t39-,40-,41-,42-,45+,47-,50+,52-,53-,54-,55+,56+/m0/s1. The molecule has 1 heterocycles. The molecule has 1 aliphatic rings. The minimum absolute atomic E-state index is 0.0667. The molecule has 1 saturated heterocycles. The number of anilines is 1. The van der Waals surface area contributed by atoms with Crippen molar-refractivity contribution in [2.75, 3.05) is 46.7 Å². The first-order chi connectivity index (χ1) is 39.9. The Bertz CT molecular complexity index is 2510. The Hall–Kier alpha value is -6.65. The predicted octanol–water partition coefficient (Wildman–Crippen LogP) is 7.55. The van der Waals surface area contributed by atoms with Crippen LogP contribution in [-0.2, 0) is 54.3 Å². The largest absolute Gasteiger partial charge is 0.445 e. The number of nitrogens with zero attached hydrogens (tertiary/aromatic N) is 3. The number of carbonyl (C=O) groups excluding carboxylic acids is 9. The van der Waals surface area contributed by atoms with Crippen LogP contribution in [0.5, 0.6) is 0 Å². The molecule has 8 amide bonds. The monoisotopic (exact) mass is 1190 g/mol. The molecule has 0 aromatic heterocycles. The number of aliphatic hydroxyl groups excluding tert-OH is 1. The lowest BCUT2D eigenvalue weighted by atomic mass is 9.85. The van der Waals surface area contributed by atoms with E-state index in [1.807, 2.05) is 71.9 Å². The molecule has 22 nitrogen and oxygen atoms in total. The number of aliphatic hydroxyl groups is 1. The van der Waals surface area contributed by atoms with E-state index in [-0.39, 0.29) is 68.4 Å². The van der Waals surface area contributed by atoms with E-state index in [0.29, 0.717) is 43.5 Å². The highest BCUT2D eigenvalue weighted by molar-refractivity contribution is 5.97. The highest BCUT2D eigenvalue weighted by Gasteiger charge is 2.44. The highest BCUT2D eigenvalue weighted by Crippen LogP contribution is 2.32. The van der Waals surface area contributed by atoms with E-state index in [2.05, 4.69) is 21.3 Å². The van der Waals surface area contributed by atoms with Crippen molar-refractivity contribution in [3.05, 3.63) is 65.7 Å². The number of Topliss-reactive ketones (excluding diaryl/α,β-unsaturated/α-hetero) is 2. The maximum Gasteiger partial charge on any atom is 0.410 e. The van der Waals surface area contributed by atoms with E-state index in [9.17, 15) is 48.3 Å². The maximum absolute atomic E-state index is 14.8. The number of benzene rings is 2. The predicted molar refractivity (Wildman–Crippen MR) is 323 cm³/mol. The van der Waals surface area contributed by atoms with Gasteiger partial charge in [-0.1, -0.05) is 104 Å². The van der Waals surface area contributed by atoms with E-state index in [1.54, 1.807) is 82.8 Å². The minimum Gasteiger partial charge on any atom is -0.445 e. The number of primary amides is 1. The van der Waals surface area contributed by atoms with Gasteiger partial charge in [-0.2, -0.15) is 0 Å². The Kier molecular flexibility index (Phi) is 29.5. The lowest BCUT2D eigenvalue weighted by Crippen LogP contribution is -2.60. The van der Waals surface area contributed by atoms with Gasteiger partial charge in [-0.05, 0) is 100 Å². The van der Waals surface area contributed by atoms with Crippen LogP contribution in [0.2, 0.25) is 0 Å². The molecule has 22 heteroatoms. The summed E-state index contributed by atoms with van der Waals surface area (Å²) >= 11 is 0. The van der Waals surface area contributed by atoms with Crippen LogP contribution in [-0.4, -0.2) is 163 Å². The minimum atomic E-state index is -1.06. The molecule has 0 radical (unpaired) electrons. The Morgan fingerprint density at radius 3 is 1.96 bits per heavy atom. The average molecular weight is 1190 g/mol. The Morgan fingerprint density at radius 1 is 0.776 bits per heavy atom. The van der Waals surface area contributed by atoms with E-state index < -0.39 is 113 Å². The van der Waals surface area contributed by atoms with Crippen LogP contribution < -0.4 is 27.0 Å². The molecule has 1 aliphatic heterocycles. The molecule has 0 spiro atoms. The van der Waals surface area contributed by atoms with Gasteiger partial charge < -0.3 is 60.9 Å². The molecule has 0 aliphatic carbocycles. The zero-order valence-electron chi connectivity index (χ0n) is 53.2. The second-order valence-corrected chi connectivity index (χ2v) is 24.5. The summed E-state index contributed by atoms with van der Waals surface area (Å²) in [6, 6.07) is 10.9. The van der Waals surface area contributed by atoms with Crippen LogP contribution in [0, 0.1) is 35.5 Å². The number of hydrogen-bond donors (Lipinski definition) is 6. The Morgan fingerprint density at radius 2 is 1.41 bits per heavy atom. The number of amides is 8. The summed E-state index contributed by atoms with van der Waals surface area (Å²) in [7, 11) is 6.15. The molecule has 2 aromatic rings. The molecule has 0 bridgehead atoms. The number of methoxy groups -OCH3 is 2. The zero-order chi connectivity index (χ0) is 64.0. The highest BCUT2D eigenvalue weighted by atomic mass is 16.6. The number of alkyl carbamates (subject to hydrolysis) is 1. The number of nitrogens with two attached hydrogens (primary N) is 1. The van der Waals surface area contributed by atoms with Crippen LogP contribution in [0.15, 0.2) is 54.6 Å². The van der Waals surface area contributed by atoms with Crippen molar-refractivity contribution in [1.29, 1.82) is 0 Å². The van der Waals surface area contributed by atoms with Crippen LogP contribution in [0.3, 0.4) is 0 Å². The van der Waals surface area contributed by atoms with E-state index >= 15 is 0 Å². The van der Waals surface area contributed by atoms with Gasteiger partial charge in [0.15, 0.2) is 5.78 Å². The van der Waals surface area contributed by atoms with Crippen molar-refractivity contribution in [1.82, 2.24) is 30.7 Å². The van der Waals surface area contributed by atoms with Crippen molar-refractivity contribution in [2.45, 2.75) is 195 Å². The van der Waals surface area contributed by atoms with Gasteiger partial charge in [0.05, 0.1) is 42.9 Å². The third-order valence-electron chi connectivity index (χ3n) is 16.0. The summed E-state index contributed by atoms with van der Waals surface area (Å²) in [4.78, 5) is 126. The lowest BCUT2D eigenvalue weighted by Gasteiger charge is -2.41. The summed E-state index contributed by atoms with van der Waals surface area (Å²) in [6.45, 7) is 21.8. The van der Waals surface area contributed by atoms with Gasteiger partial charge in [0, 0.05) is 71.8 Å². The average Bonchev–Trinajstić information content (AvgIpc) is 4.12. The summed E-state index contributed by atoms with van der Waals surface area (Å²) in [5.41, 5.74) is 6.09. The molecular formula is C63H100N8O14. The van der Waals surface area contributed by atoms with Crippen LogP contribution in [0.1, 0.15) is 152 Å². The number of carbonyl (C=O) groups is 9. The molecule has 7 N–H and O–H groups in total. The first-order valence-electron chi connectivity index (χ1n) is 29.9. The van der Waals surface area contributed by atoms with Crippen molar-refractivity contribution >= 4 is 59.1 Å². The van der Waals surface area contributed by atoms with Gasteiger partial charge in [-0.15, -0.1) is 0 Å². The third-order valence-corrected chi connectivity index (χ3v) is 16.0. The second-order valence-electron chi connectivity index (χ2n) is 24.5. The number of urea groups is 1. The van der Waals surface area contributed by atoms with Crippen LogP contribution in [0.25, 0.3) is 0 Å². The number of ketones is 2. The number of hydrogen-bond acceptors (Lipinski definition) is 14. The summed E-state index contributed by atoms with van der Waals surface area (Å²) in [5, 5.41) is 21.7. The van der Waals surface area contributed by atoms with Crippen LogP contribution >= 0.6 is 0 Å². The molecule has 476 valence electrons. The van der Waals surface area contributed by atoms with Gasteiger partial charge in [0.1, 0.15) is 30.1 Å². The molecule has 2 aromatic carbocycles. The number of likely N-dealkylation sites (N-methyl/N-ethyl adjacent to an activating group) is 2. The number of rotatable bonds is 33. The number of ether oxygens (including phenoxy) is 4. The number of likely N-dealkylation sites (tertiary alicyclic amines) is 1. The van der Waals surface area contributed by atoms with Gasteiger partial charge in [0.2, 0.25) is 23.6 Å². The first-order valence-corrected chi connectivity index (χ1v) is 29.9. The van der Waals surface area contributed by atoms with Crippen molar-refractivity contribution in [3.8, 4) is 0 Å². The number of nitrogens with one attached hydrogen (secondary N) is 4. The molecule has 0 unspecified atom stereocenters. The summed E-state index contributed by atoms with van der Waals surface area (Å²) < 4.78 is 23.0. The van der Waals surface area contributed by atoms with Crippen molar-refractivity contribution in [2.24, 2.45) is 41.2 Å². The second kappa shape index (κ2) is 34.5. The smallest absolute Gasteiger partial charge is 0.410 e. The molecule has 12 atom stereocenters. The molecule has 3 rings (SSSR count). The quantitative estimate of drug-likeness (QED) is 0.0376. The maximum atomic E-state index is 14.8. The molecular weight excluding hydrogens is 1090 g/mol. The van der Waals surface area contributed by atoms with Crippen molar-refractivity contribution in [3.63, 3.8) is 0 Å². The molecule has 0 saturated carbocycles. The van der Waals surface area contributed by atoms with Gasteiger partial charge in [-0.3, -0.25) is 33.7 Å². The van der Waals surface area contributed by atoms with Crippen LogP contribution in [0.4, 0.5) is 20.1 Å². The Balaban J connectivity index is 1.70. The first kappa shape index (κ1) is 72.6. The summed E-state index contributed by atoms with van der Waals surface area (Å²) in [5.74, 6) is -4.87. The summed E-state index contributed by atoms with van der Waals surface area (Å²) in [6.07, 6.45) is -1.38.